The lowest BCUT2D eigenvalue weighted by molar-refractivity contribution is 0.532. The summed E-state index contributed by atoms with van der Waals surface area (Å²) in [7, 11) is 0. The lowest BCUT2D eigenvalue weighted by atomic mass is 9.98. The van der Waals surface area contributed by atoms with Crippen molar-refractivity contribution in [2.75, 3.05) is 0 Å². The van der Waals surface area contributed by atoms with Gasteiger partial charge in [-0.1, -0.05) is 18.2 Å². The molecule has 0 amide bonds. The fourth-order valence-electron chi connectivity index (χ4n) is 2.02. The van der Waals surface area contributed by atoms with E-state index in [9.17, 15) is 0 Å². The van der Waals surface area contributed by atoms with Crippen LogP contribution in [0.15, 0.2) is 30.6 Å². The van der Waals surface area contributed by atoms with Crippen LogP contribution in [0.2, 0.25) is 0 Å². The molecule has 1 aromatic carbocycles. The third-order valence-corrected chi connectivity index (χ3v) is 2.90. The number of nitrogens with zero attached hydrogens (tertiary/aromatic N) is 2. The number of aryl methyl sites for hydroxylation is 2. The van der Waals surface area contributed by atoms with Gasteiger partial charge in [0.25, 0.3) is 0 Å². The minimum atomic E-state index is 0.415. The molecule has 0 bridgehead atoms. The van der Waals surface area contributed by atoms with Crippen molar-refractivity contribution in [3.63, 3.8) is 0 Å². The molecular formula is C14H18N2. The monoisotopic (exact) mass is 214 g/mol. The van der Waals surface area contributed by atoms with Crippen LogP contribution < -0.4 is 0 Å². The molecule has 84 valence electrons. The SMILES string of the molecule is Cc1cccc(C)c1-c1cnn(C(C)C)c1. The minimum Gasteiger partial charge on any atom is -0.270 e. The Morgan fingerprint density at radius 3 is 2.25 bits per heavy atom. The lowest BCUT2D eigenvalue weighted by Crippen LogP contribution is -1.99. The Morgan fingerprint density at radius 2 is 1.75 bits per heavy atom. The van der Waals surface area contributed by atoms with E-state index in [0.717, 1.165) is 0 Å². The van der Waals surface area contributed by atoms with E-state index in [0.29, 0.717) is 6.04 Å². The normalized spacial score (nSPS) is 11.1. The number of hydrogen-bond acceptors (Lipinski definition) is 1. The van der Waals surface area contributed by atoms with Gasteiger partial charge in [-0.25, -0.2) is 0 Å². The Morgan fingerprint density at radius 1 is 1.12 bits per heavy atom. The summed E-state index contributed by atoms with van der Waals surface area (Å²) < 4.78 is 2.00. The molecule has 0 aliphatic carbocycles. The molecule has 2 aromatic rings. The van der Waals surface area contributed by atoms with Gasteiger partial charge in [-0.3, -0.25) is 4.68 Å². The highest BCUT2D eigenvalue weighted by Gasteiger charge is 2.08. The van der Waals surface area contributed by atoms with Crippen LogP contribution in [0.3, 0.4) is 0 Å². The first-order valence-electron chi connectivity index (χ1n) is 5.70. The number of hydrogen-bond donors (Lipinski definition) is 0. The molecule has 2 nitrogen and oxygen atoms in total. The molecule has 1 aromatic heterocycles. The van der Waals surface area contributed by atoms with Gasteiger partial charge in [-0.05, 0) is 44.4 Å². The van der Waals surface area contributed by atoms with Crippen LogP contribution in [0.4, 0.5) is 0 Å². The third kappa shape index (κ3) is 1.87. The molecule has 0 saturated heterocycles. The summed E-state index contributed by atoms with van der Waals surface area (Å²) in [5, 5.41) is 4.39. The molecule has 0 spiro atoms. The van der Waals surface area contributed by atoms with Gasteiger partial charge in [0.05, 0.1) is 6.20 Å². The summed E-state index contributed by atoms with van der Waals surface area (Å²) in [5.41, 5.74) is 5.14. The average Bonchev–Trinajstić information content (AvgIpc) is 2.66. The zero-order chi connectivity index (χ0) is 11.7. The van der Waals surface area contributed by atoms with Crippen molar-refractivity contribution in [1.82, 2.24) is 9.78 Å². The van der Waals surface area contributed by atoms with Crippen molar-refractivity contribution in [2.45, 2.75) is 33.7 Å². The maximum atomic E-state index is 4.39. The topological polar surface area (TPSA) is 17.8 Å². The molecule has 0 saturated carbocycles. The average molecular weight is 214 g/mol. The Kier molecular flexibility index (Phi) is 2.82. The number of rotatable bonds is 2. The van der Waals surface area contributed by atoms with Gasteiger partial charge >= 0.3 is 0 Å². The third-order valence-electron chi connectivity index (χ3n) is 2.90. The summed E-state index contributed by atoms with van der Waals surface area (Å²) in [5.74, 6) is 0. The molecular weight excluding hydrogens is 196 g/mol. The molecule has 16 heavy (non-hydrogen) atoms. The highest BCUT2D eigenvalue weighted by molar-refractivity contribution is 5.69. The first-order chi connectivity index (χ1) is 7.59. The zero-order valence-corrected chi connectivity index (χ0v) is 10.4. The standard InChI is InChI=1S/C14H18N2/c1-10(2)16-9-13(8-15-16)14-11(3)6-5-7-12(14)4/h5-10H,1-4H3. The molecule has 2 rings (SSSR count). The van der Waals surface area contributed by atoms with Gasteiger partial charge in [0.2, 0.25) is 0 Å². The van der Waals surface area contributed by atoms with Gasteiger partial charge in [-0.2, -0.15) is 5.10 Å². The van der Waals surface area contributed by atoms with Crippen LogP contribution in [-0.4, -0.2) is 9.78 Å². The van der Waals surface area contributed by atoms with Crippen LogP contribution in [0, 0.1) is 13.8 Å². The highest BCUT2D eigenvalue weighted by Crippen LogP contribution is 2.27. The zero-order valence-electron chi connectivity index (χ0n) is 10.4. The molecule has 0 aliphatic heterocycles. The summed E-state index contributed by atoms with van der Waals surface area (Å²) in [6, 6.07) is 6.81. The second-order valence-corrected chi connectivity index (χ2v) is 4.57. The van der Waals surface area contributed by atoms with Gasteiger partial charge < -0.3 is 0 Å². The van der Waals surface area contributed by atoms with E-state index in [-0.39, 0.29) is 0 Å². The second-order valence-electron chi connectivity index (χ2n) is 4.57. The lowest BCUT2D eigenvalue weighted by Gasteiger charge is -2.07. The van der Waals surface area contributed by atoms with Gasteiger partial charge in [0, 0.05) is 17.8 Å². The molecule has 0 aliphatic rings. The summed E-state index contributed by atoms with van der Waals surface area (Å²) in [6.07, 6.45) is 4.08. The maximum absolute atomic E-state index is 4.39. The van der Waals surface area contributed by atoms with Crippen molar-refractivity contribution in [2.24, 2.45) is 0 Å². The molecule has 0 radical (unpaired) electrons. The Bertz CT molecular complexity index is 475. The predicted octanol–water partition coefficient (Wildman–Crippen LogP) is 3.75. The predicted molar refractivity (Wildman–Crippen MR) is 67.5 cm³/mol. The van der Waals surface area contributed by atoms with Crippen LogP contribution in [0.25, 0.3) is 11.1 Å². The van der Waals surface area contributed by atoms with Crippen LogP contribution in [-0.2, 0) is 0 Å². The Labute approximate surface area is 96.9 Å². The van der Waals surface area contributed by atoms with Crippen molar-refractivity contribution in [3.05, 3.63) is 41.7 Å². The van der Waals surface area contributed by atoms with E-state index >= 15 is 0 Å². The quantitative estimate of drug-likeness (QED) is 0.744. The smallest absolute Gasteiger partial charge is 0.0568 e. The summed E-state index contributed by atoms with van der Waals surface area (Å²) >= 11 is 0. The molecule has 0 unspecified atom stereocenters. The van der Waals surface area contributed by atoms with Crippen molar-refractivity contribution in [3.8, 4) is 11.1 Å². The number of aromatic nitrogens is 2. The molecule has 0 fully saturated rings. The van der Waals surface area contributed by atoms with E-state index in [1.54, 1.807) is 0 Å². The maximum Gasteiger partial charge on any atom is 0.0568 e. The first kappa shape index (κ1) is 10.9. The molecule has 0 atom stereocenters. The first-order valence-corrected chi connectivity index (χ1v) is 5.70. The largest absolute Gasteiger partial charge is 0.270 e. The Hall–Kier alpha value is -1.57. The van der Waals surface area contributed by atoms with Crippen molar-refractivity contribution in [1.29, 1.82) is 0 Å². The molecule has 0 N–H and O–H groups in total. The fraction of sp³-hybridized carbons (Fsp3) is 0.357. The van der Waals surface area contributed by atoms with Crippen LogP contribution >= 0.6 is 0 Å². The van der Waals surface area contributed by atoms with E-state index in [1.807, 2.05) is 10.9 Å². The fourth-order valence-corrected chi connectivity index (χ4v) is 2.02. The van der Waals surface area contributed by atoms with E-state index in [1.165, 1.54) is 22.3 Å². The second kappa shape index (κ2) is 4.12. The molecule has 2 heteroatoms. The van der Waals surface area contributed by atoms with Gasteiger partial charge in [0.1, 0.15) is 0 Å². The minimum absolute atomic E-state index is 0.415. The Balaban J connectivity index is 2.50. The highest BCUT2D eigenvalue weighted by atomic mass is 15.3. The van der Waals surface area contributed by atoms with Gasteiger partial charge in [0.15, 0.2) is 0 Å². The summed E-state index contributed by atoms with van der Waals surface area (Å²) in [6.45, 7) is 8.58. The van der Waals surface area contributed by atoms with E-state index in [2.05, 4.69) is 57.2 Å². The molecule has 1 heterocycles. The summed E-state index contributed by atoms with van der Waals surface area (Å²) in [4.78, 5) is 0. The van der Waals surface area contributed by atoms with Crippen molar-refractivity contribution >= 4 is 0 Å². The van der Waals surface area contributed by atoms with Gasteiger partial charge in [-0.15, -0.1) is 0 Å². The van der Waals surface area contributed by atoms with E-state index < -0.39 is 0 Å². The van der Waals surface area contributed by atoms with Crippen LogP contribution in [0.1, 0.15) is 31.0 Å². The number of benzene rings is 1. The van der Waals surface area contributed by atoms with Crippen molar-refractivity contribution < 1.29 is 0 Å². The van der Waals surface area contributed by atoms with Crippen LogP contribution in [0.5, 0.6) is 0 Å². The van der Waals surface area contributed by atoms with E-state index in [4.69, 9.17) is 0 Å².